The van der Waals surface area contributed by atoms with Crippen LogP contribution in [-0.4, -0.2) is 36.2 Å². The van der Waals surface area contributed by atoms with Crippen LogP contribution < -0.4 is 0 Å². The lowest BCUT2D eigenvalue weighted by Crippen LogP contribution is -2.26. The van der Waals surface area contributed by atoms with E-state index in [1.807, 2.05) is 12.2 Å². The van der Waals surface area contributed by atoms with Gasteiger partial charge in [0.05, 0.1) is 6.61 Å². The maximum Gasteiger partial charge on any atom is 0.0558 e. The number of nitrogens with zero attached hydrogens (tertiary/aromatic N) is 1. The summed E-state index contributed by atoms with van der Waals surface area (Å²) in [4.78, 5) is 2.06. The molecule has 0 spiro atoms. The molecule has 2 nitrogen and oxygen atoms in total. The van der Waals surface area contributed by atoms with Gasteiger partial charge in [0.15, 0.2) is 0 Å². The van der Waals surface area contributed by atoms with Crippen LogP contribution in [0.15, 0.2) is 25.3 Å². The second kappa shape index (κ2) is 6.52. The predicted octanol–water partition coefficient (Wildman–Crippen LogP) is 0.653. The summed E-state index contributed by atoms with van der Waals surface area (Å²) >= 11 is 0. The minimum Gasteiger partial charge on any atom is -0.395 e. The molecule has 0 amide bonds. The molecular weight excluding hydrogens is 126 g/mol. The van der Waals surface area contributed by atoms with Gasteiger partial charge >= 0.3 is 0 Å². The molecule has 0 aromatic rings. The number of rotatable bonds is 6. The Balaban J connectivity index is 3.48. The summed E-state index contributed by atoms with van der Waals surface area (Å²) in [5.74, 6) is 0. The van der Waals surface area contributed by atoms with Gasteiger partial charge in [-0.15, -0.1) is 13.2 Å². The van der Waals surface area contributed by atoms with Crippen molar-refractivity contribution in [1.29, 1.82) is 0 Å². The van der Waals surface area contributed by atoms with Crippen LogP contribution in [0, 0.1) is 0 Å². The summed E-state index contributed by atoms with van der Waals surface area (Å²) in [7, 11) is 0. The van der Waals surface area contributed by atoms with Gasteiger partial charge in [-0.2, -0.15) is 0 Å². The molecule has 0 aliphatic carbocycles. The molecule has 0 aromatic heterocycles. The number of aliphatic hydroxyl groups is 1. The van der Waals surface area contributed by atoms with Crippen molar-refractivity contribution in [3.63, 3.8) is 0 Å². The lowest BCUT2D eigenvalue weighted by Gasteiger charge is -2.16. The van der Waals surface area contributed by atoms with Crippen LogP contribution in [0.1, 0.15) is 0 Å². The second-order valence-corrected chi connectivity index (χ2v) is 2.06. The lowest BCUT2D eigenvalue weighted by atomic mass is 10.4. The van der Waals surface area contributed by atoms with Crippen LogP contribution in [0.2, 0.25) is 0 Å². The monoisotopic (exact) mass is 141 g/mol. The molecule has 0 saturated heterocycles. The van der Waals surface area contributed by atoms with E-state index in [4.69, 9.17) is 5.11 Å². The minimum atomic E-state index is 0.196. The van der Waals surface area contributed by atoms with Crippen molar-refractivity contribution < 1.29 is 5.11 Å². The molecule has 0 aliphatic heterocycles. The summed E-state index contributed by atoms with van der Waals surface area (Å²) in [6.07, 6.45) is 3.64. The molecule has 10 heavy (non-hydrogen) atoms. The Labute approximate surface area is 62.5 Å². The van der Waals surface area contributed by atoms with Crippen LogP contribution in [0.4, 0.5) is 0 Å². The third kappa shape index (κ3) is 4.30. The van der Waals surface area contributed by atoms with E-state index in [1.54, 1.807) is 0 Å². The number of aliphatic hydroxyl groups excluding tert-OH is 1. The first kappa shape index (κ1) is 9.40. The van der Waals surface area contributed by atoms with Crippen molar-refractivity contribution in [2.45, 2.75) is 0 Å². The highest BCUT2D eigenvalue weighted by molar-refractivity contribution is 4.79. The van der Waals surface area contributed by atoms with E-state index in [9.17, 15) is 0 Å². The van der Waals surface area contributed by atoms with E-state index in [2.05, 4.69) is 18.1 Å². The van der Waals surface area contributed by atoms with Crippen LogP contribution in [0.25, 0.3) is 0 Å². The zero-order valence-corrected chi connectivity index (χ0v) is 6.29. The van der Waals surface area contributed by atoms with Gasteiger partial charge in [0.1, 0.15) is 0 Å². The molecule has 58 valence electrons. The van der Waals surface area contributed by atoms with Crippen molar-refractivity contribution in [3.05, 3.63) is 25.3 Å². The molecule has 0 unspecified atom stereocenters. The summed E-state index contributed by atoms with van der Waals surface area (Å²) in [6, 6.07) is 0. The standard InChI is InChI=1S/C8H15NO/c1-3-5-9(6-4-2)7-8-10/h3-4,10H,1-2,5-8H2. The normalized spacial score (nSPS) is 9.80. The first-order valence-electron chi connectivity index (χ1n) is 3.40. The van der Waals surface area contributed by atoms with Crippen molar-refractivity contribution in [2.24, 2.45) is 0 Å². The molecule has 0 heterocycles. The fraction of sp³-hybridized carbons (Fsp3) is 0.500. The zero-order valence-electron chi connectivity index (χ0n) is 6.29. The van der Waals surface area contributed by atoms with Gasteiger partial charge in [0, 0.05) is 19.6 Å². The second-order valence-electron chi connectivity index (χ2n) is 2.06. The third-order valence-corrected chi connectivity index (χ3v) is 1.19. The fourth-order valence-corrected chi connectivity index (χ4v) is 0.764. The molecule has 0 aromatic carbocycles. The number of hydrogen-bond acceptors (Lipinski definition) is 2. The summed E-state index contributed by atoms with van der Waals surface area (Å²) < 4.78 is 0. The van der Waals surface area contributed by atoms with Crippen LogP contribution in [0.3, 0.4) is 0 Å². The number of hydrogen-bond donors (Lipinski definition) is 1. The van der Waals surface area contributed by atoms with Crippen molar-refractivity contribution >= 4 is 0 Å². The Kier molecular flexibility index (Phi) is 6.13. The van der Waals surface area contributed by atoms with E-state index < -0.39 is 0 Å². The van der Waals surface area contributed by atoms with E-state index in [0.29, 0.717) is 6.54 Å². The Morgan fingerprint density at radius 1 is 1.20 bits per heavy atom. The minimum absolute atomic E-state index is 0.196. The topological polar surface area (TPSA) is 23.5 Å². The highest BCUT2D eigenvalue weighted by Crippen LogP contribution is 1.86. The van der Waals surface area contributed by atoms with Crippen LogP contribution in [-0.2, 0) is 0 Å². The smallest absolute Gasteiger partial charge is 0.0558 e. The largest absolute Gasteiger partial charge is 0.395 e. The SMILES string of the molecule is C=CCN(CC=C)CCO. The molecule has 2 heteroatoms. The van der Waals surface area contributed by atoms with Gasteiger partial charge in [-0.05, 0) is 0 Å². The Morgan fingerprint density at radius 3 is 2.00 bits per heavy atom. The molecule has 1 N–H and O–H groups in total. The lowest BCUT2D eigenvalue weighted by molar-refractivity contribution is 0.220. The Bertz CT molecular complexity index is 91.4. The van der Waals surface area contributed by atoms with E-state index >= 15 is 0 Å². The molecule has 0 radical (unpaired) electrons. The molecular formula is C8H15NO. The first-order valence-corrected chi connectivity index (χ1v) is 3.40. The van der Waals surface area contributed by atoms with E-state index in [-0.39, 0.29) is 6.61 Å². The Hall–Kier alpha value is -0.600. The molecule has 0 saturated carbocycles. The van der Waals surface area contributed by atoms with Gasteiger partial charge in [0.25, 0.3) is 0 Å². The average Bonchev–Trinajstić information content (AvgIpc) is 1.90. The van der Waals surface area contributed by atoms with E-state index in [1.165, 1.54) is 0 Å². The molecule has 0 atom stereocenters. The highest BCUT2D eigenvalue weighted by Gasteiger charge is 1.96. The maximum absolute atomic E-state index is 8.58. The summed E-state index contributed by atoms with van der Waals surface area (Å²) in [5.41, 5.74) is 0. The summed E-state index contributed by atoms with van der Waals surface area (Å²) in [5, 5.41) is 8.58. The van der Waals surface area contributed by atoms with Gasteiger partial charge < -0.3 is 5.11 Å². The van der Waals surface area contributed by atoms with Crippen molar-refractivity contribution in [3.8, 4) is 0 Å². The molecule has 0 bridgehead atoms. The maximum atomic E-state index is 8.58. The molecule has 0 rings (SSSR count). The van der Waals surface area contributed by atoms with Crippen molar-refractivity contribution in [1.82, 2.24) is 4.90 Å². The van der Waals surface area contributed by atoms with Gasteiger partial charge in [0.2, 0.25) is 0 Å². The van der Waals surface area contributed by atoms with Gasteiger partial charge in [-0.25, -0.2) is 0 Å². The predicted molar refractivity (Wildman–Crippen MR) is 43.9 cm³/mol. The van der Waals surface area contributed by atoms with E-state index in [0.717, 1.165) is 13.1 Å². The molecule has 0 fully saturated rings. The summed E-state index contributed by atoms with van der Waals surface area (Å²) in [6.45, 7) is 9.73. The Morgan fingerprint density at radius 2 is 1.70 bits per heavy atom. The van der Waals surface area contributed by atoms with Crippen molar-refractivity contribution in [2.75, 3.05) is 26.2 Å². The molecule has 0 aliphatic rings. The highest BCUT2D eigenvalue weighted by atomic mass is 16.3. The van der Waals surface area contributed by atoms with Gasteiger partial charge in [-0.3, -0.25) is 4.90 Å². The van der Waals surface area contributed by atoms with Gasteiger partial charge in [-0.1, -0.05) is 12.2 Å². The average molecular weight is 141 g/mol. The third-order valence-electron chi connectivity index (χ3n) is 1.19. The quantitative estimate of drug-likeness (QED) is 0.549. The van der Waals surface area contributed by atoms with Crippen LogP contribution >= 0.6 is 0 Å². The van der Waals surface area contributed by atoms with Crippen LogP contribution in [0.5, 0.6) is 0 Å². The fourth-order valence-electron chi connectivity index (χ4n) is 0.764. The first-order chi connectivity index (χ1) is 4.85. The zero-order chi connectivity index (χ0) is 7.82.